The van der Waals surface area contributed by atoms with Gasteiger partial charge in [-0.05, 0) is 49.4 Å². The molecular formula is C14H26O. The summed E-state index contributed by atoms with van der Waals surface area (Å²) in [7, 11) is 0. The summed E-state index contributed by atoms with van der Waals surface area (Å²) in [6.07, 6.45) is 7.25. The maximum Gasteiger partial charge on any atom is 0.0524 e. The molecule has 0 saturated heterocycles. The molecule has 0 amide bonds. The van der Waals surface area contributed by atoms with E-state index in [2.05, 4.69) is 20.8 Å². The molecule has 4 unspecified atom stereocenters. The van der Waals surface area contributed by atoms with Gasteiger partial charge in [0.1, 0.15) is 0 Å². The van der Waals surface area contributed by atoms with Crippen LogP contribution < -0.4 is 0 Å². The van der Waals surface area contributed by atoms with Crippen LogP contribution >= 0.6 is 0 Å². The molecule has 88 valence electrons. The van der Waals surface area contributed by atoms with Crippen molar-refractivity contribution in [2.24, 2.45) is 23.2 Å². The fourth-order valence-electron chi connectivity index (χ4n) is 4.08. The molecule has 2 rings (SSSR count). The lowest BCUT2D eigenvalue weighted by Gasteiger charge is -2.46. The van der Waals surface area contributed by atoms with E-state index in [0.29, 0.717) is 5.41 Å². The lowest BCUT2D eigenvalue weighted by atomic mass is 9.61. The number of hydrogen-bond acceptors (Lipinski definition) is 1. The van der Waals surface area contributed by atoms with Crippen LogP contribution in [0.15, 0.2) is 0 Å². The molecular weight excluding hydrogens is 184 g/mol. The Kier molecular flexibility index (Phi) is 3.39. The van der Waals surface area contributed by atoms with Gasteiger partial charge in [-0.2, -0.15) is 0 Å². The Morgan fingerprint density at radius 2 is 2.00 bits per heavy atom. The van der Waals surface area contributed by atoms with Gasteiger partial charge in [0.2, 0.25) is 0 Å². The van der Waals surface area contributed by atoms with E-state index >= 15 is 0 Å². The van der Waals surface area contributed by atoms with E-state index in [-0.39, 0.29) is 0 Å². The molecule has 1 nitrogen and oxygen atoms in total. The van der Waals surface area contributed by atoms with Crippen molar-refractivity contribution in [3.05, 3.63) is 0 Å². The molecule has 2 aliphatic carbocycles. The molecule has 4 atom stereocenters. The van der Waals surface area contributed by atoms with Gasteiger partial charge in [-0.25, -0.2) is 0 Å². The summed E-state index contributed by atoms with van der Waals surface area (Å²) < 4.78 is 5.76. The van der Waals surface area contributed by atoms with Crippen molar-refractivity contribution in [2.75, 3.05) is 13.2 Å². The van der Waals surface area contributed by atoms with Gasteiger partial charge < -0.3 is 4.74 Å². The van der Waals surface area contributed by atoms with Crippen molar-refractivity contribution in [3.63, 3.8) is 0 Å². The Bertz CT molecular complexity index is 213. The maximum absolute atomic E-state index is 5.76. The van der Waals surface area contributed by atoms with Crippen LogP contribution in [0, 0.1) is 23.2 Å². The van der Waals surface area contributed by atoms with Crippen molar-refractivity contribution < 1.29 is 4.74 Å². The van der Waals surface area contributed by atoms with Crippen LogP contribution in [0.1, 0.15) is 52.9 Å². The monoisotopic (exact) mass is 210 g/mol. The highest BCUT2D eigenvalue weighted by Crippen LogP contribution is 2.56. The Labute approximate surface area is 94.6 Å². The van der Waals surface area contributed by atoms with Crippen LogP contribution in [0.2, 0.25) is 0 Å². The largest absolute Gasteiger partial charge is 0.381 e. The third-order valence-corrected chi connectivity index (χ3v) is 5.13. The van der Waals surface area contributed by atoms with Crippen LogP contribution in [-0.2, 0) is 4.74 Å². The van der Waals surface area contributed by atoms with E-state index < -0.39 is 0 Å². The summed E-state index contributed by atoms with van der Waals surface area (Å²) in [5, 5.41) is 0. The summed E-state index contributed by atoms with van der Waals surface area (Å²) in [4.78, 5) is 0. The summed E-state index contributed by atoms with van der Waals surface area (Å²) in [5.41, 5.74) is 0.484. The predicted molar refractivity (Wildman–Crippen MR) is 63.8 cm³/mol. The minimum Gasteiger partial charge on any atom is -0.381 e. The van der Waals surface area contributed by atoms with Gasteiger partial charge in [0.15, 0.2) is 0 Å². The second kappa shape index (κ2) is 4.45. The quantitative estimate of drug-likeness (QED) is 0.684. The molecule has 2 fully saturated rings. The normalized spacial score (nSPS) is 44.6. The molecule has 1 heteroatoms. The molecule has 0 spiro atoms. The minimum atomic E-state index is 0.484. The fraction of sp³-hybridized carbons (Fsp3) is 1.00. The van der Waals surface area contributed by atoms with Gasteiger partial charge >= 0.3 is 0 Å². The number of rotatable bonds is 4. The zero-order chi connectivity index (χ0) is 10.9. The second-order valence-electron chi connectivity index (χ2n) is 5.86. The van der Waals surface area contributed by atoms with Gasteiger partial charge in [-0.3, -0.25) is 0 Å². The first-order valence-electron chi connectivity index (χ1n) is 6.78. The van der Waals surface area contributed by atoms with E-state index in [9.17, 15) is 0 Å². The average molecular weight is 210 g/mol. The maximum atomic E-state index is 5.76. The summed E-state index contributed by atoms with van der Waals surface area (Å²) in [6.45, 7) is 8.84. The summed E-state index contributed by atoms with van der Waals surface area (Å²) in [5.74, 6) is 2.91. The lowest BCUT2D eigenvalue weighted by Crippen LogP contribution is -2.41. The topological polar surface area (TPSA) is 9.23 Å². The van der Waals surface area contributed by atoms with Gasteiger partial charge in [0.05, 0.1) is 6.61 Å². The molecule has 2 saturated carbocycles. The van der Waals surface area contributed by atoms with Crippen LogP contribution in [0.3, 0.4) is 0 Å². The molecule has 15 heavy (non-hydrogen) atoms. The zero-order valence-electron chi connectivity index (χ0n) is 10.6. The second-order valence-corrected chi connectivity index (χ2v) is 5.86. The van der Waals surface area contributed by atoms with Gasteiger partial charge in [-0.15, -0.1) is 0 Å². The summed E-state index contributed by atoms with van der Waals surface area (Å²) in [6, 6.07) is 0. The molecule has 0 aromatic rings. The van der Waals surface area contributed by atoms with Crippen molar-refractivity contribution in [2.45, 2.75) is 52.9 Å². The van der Waals surface area contributed by atoms with E-state index in [0.717, 1.165) is 31.0 Å². The zero-order valence-corrected chi connectivity index (χ0v) is 10.6. The Morgan fingerprint density at radius 1 is 1.20 bits per heavy atom. The Morgan fingerprint density at radius 3 is 2.67 bits per heavy atom. The standard InChI is InChI=1S/C14H26O/c1-4-12-8-11-6-7-13(9-11)14(12,3)10-15-5-2/h11-13H,4-10H2,1-3H3. The van der Waals surface area contributed by atoms with Gasteiger partial charge in [0, 0.05) is 6.61 Å². The number of hydrogen-bond donors (Lipinski definition) is 0. The van der Waals surface area contributed by atoms with Crippen LogP contribution in [0.5, 0.6) is 0 Å². The highest BCUT2D eigenvalue weighted by atomic mass is 16.5. The van der Waals surface area contributed by atoms with E-state index in [1.807, 2.05) is 0 Å². The first-order valence-corrected chi connectivity index (χ1v) is 6.78. The average Bonchev–Trinajstić information content (AvgIpc) is 2.67. The van der Waals surface area contributed by atoms with Crippen LogP contribution in [0.4, 0.5) is 0 Å². The molecule has 2 aliphatic rings. The van der Waals surface area contributed by atoms with E-state index in [1.165, 1.54) is 32.1 Å². The van der Waals surface area contributed by atoms with Crippen LogP contribution in [-0.4, -0.2) is 13.2 Å². The van der Waals surface area contributed by atoms with Crippen LogP contribution in [0.25, 0.3) is 0 Å². The Balaban J connectivity index is 2.09. The smallest absolute Gasteiger partial charge is 0.0524 e. The molecule has 0 aromatic heterocycles. The number of ether oxygens (including phenoxy) is 1. The van der Waals surface area contributed by atoms with Gasteiger partial charge in [-0.1, -0.05) is 26.7 Å². The number of fused-ring (bicyclic) bond motifs is 2. The van der Waals surface area contributed by atoms with Gasteiger partial charge in [0.25, 0.3) is 0 Å². The molecule has 0 radical (unpaired) electrons. The van der Waals surface area contributed by atoms with Crippen molar-refractivity contribution in [3.8, 4) is 0 Å². The van der Waals surface area contributed by atoms with E-state index in [1.54, 1.807) is 0 Å². The van der Waals surface area contributed by atoms with E-state index in [4.69, 9.17) is 4.74 Å². The minimum absolute atomic E-state index is 0.484. The fourth-order valence-corrected chi connectivity index (χ4v) is 4.08. The third kappa shape index (κ3) is 1.95. The first-order chi connectivity index (χ1) is 7.20. The summed E-state index contributed by atoms with van der Waals surface area (Å²) >= 11 is 0. The van der Waals surface area contributed by atoms with Crippen molar-refractivity contribution in [1.29, 1.82) is 0 Å². The van der Waals surface area contributed by atoms with Crippen molar-refractivity contribution in [1.82, 2.24) is 0 Å². The first kappa shape index (κ1) is 11.4. The highest BCUT2D eigenvalue weighted by molar-refractivity contribution is 4.98. The Hall–Kier alpha value is -0.0400. The third-order valence-electron chi connectivity index (χ3n) is 5.13. The highest BCUT2D eigenvalue weighted by Gasteiger charge is 2.48. The molecule has 2 bridgehead atoms. The molecule has 0 heterocycles. The lowest BCUT2D eigenvalue weighted by molar-refractivity contribution is -0.0410. The molecule has 0 N–H and O–H groups in total. The SMILES string of the molecule is CCOCC1(C)C(CC)CC2CCC1C2. The molecule has 0 aliphatic heterocycles. The molecule has 0 aromatic carbocycles. The predicted octanol–water partition coefficient (Wildman–Crippen LogP) is 3.88. The van der Waals surface area contributed by atoms with Crippen molar-refractivity contribution >= 4 is 0 Å².